The molecule has 0 amide bonds. The molecule has 2 aliphatic rings. The van der Waals surface area contributed by atoms with Crippen LogP contribution >= 0.6 is 0 Å². The second-order valence-electron chi connectivity index (χ2n) is 3.93. The number of fused-ring (bicyclic) bond motifs is 1. The maximum Gasteiger partial charge on any atom is 0.228 e. The van der Waals surface area contributed by atoms with Gasteiger partial charge in [-0.1, -0.05) is 0 Å². The van der Waals surface area contributed by atoms with E-state index in [-0.39, 0.29) is 18.5 Å². The Kier molecular flexibility index (Phi) is 2.29. The largest absolute Gasteiger partial charge is 0.464 e. The fourth-order valence-electron chi connectivity index (χ4n) is 1.89. The van der Waals surface area contributed by atoms with Gasteiger partial charge < -0.3 is 18.9 Å². The molecule has 0 radical (unpaired) electrons. The van der Waals surface area contributed by atoms with Gasteiger partial charge in [-0.05, 0) is 26.8 Å². The van der Waals surface area contributed by atoms with Gasteiger partial charge in [0, 0.05) is 7.11 Å². The molecule has 0 bridgehead atoms. The molecule has 2 heterocycles. The van der Waals surface area contributed by atoms with E-state index in [1.165, 1.54) is 0 Å². The molecule has 0 N–H and O–H groups in total. The molecule has 3 atom stereocenters. The minimum Gasteiger partial charge on any atom is -0.464 e. The summed E-state index contributed by atoms with van der Waals surface area (Å²) < 4.78 is 22.1. The molecule has 2 fully saturated rings. The van der Waals surface area contributed by atoms with Gasteiger partial charge in [0.15, 0.2) is 18.0 Å². The Morgan fingerprint density at radius 1 is 1.36 bits per heavy atom. The van der Waals surface area contributed by atoms with Crippen LogP contribution in [0.25, 0.3) is 0 Å². The summed E-state index contributed by atoms with van der Waals surface area (Å²) in [4.78, 5) is 0. The summed E-state index contributed by atoms with van der Waals surface area (Å²) in [5, 5.41) is 0. The Bertz CT molecular complexity index is 259. The first kappa shape index (κ1) is 9.96. The lowest BCUT2D eigenvalue weighted by Crippen LogP contribution is -2.30. The highest BCUT2D eigenvalue weighted by molar-refractivity contribution is 5.11. The van der Waals surface area contributed by atoms with Gasteiger partial charge in [-0.2, -0.15) is 0 Å². The minimum absolute atomic E-state index is 0.125. The van der Waals surface area contributed by atoms with E-state index in [2.05, 4.69) is 0 Å². The highest BCUT2D eigenvalue weighted by atomic mass is 16.8. The molecule has 0 aromatic rings. The van der Waals surface area contributed by atoms with Crippen molar-refractivity contribution in [1.29, 1.82) is 0 Å². The molecule has 0 spiro atoms. The standard InChI is InChI=1S/C10H16O4/c1-5-6-7-8(9(11-4)12-6)14-10(2,3)13-7/h5,7-9H,1-4H3/b6-5+/t7-,8-,9?/m0/s1. The van der Waals surface area contributed by atoms with Crippen LogP contribution < -0.4 is 0 Å². The third kappa shape index (κ3) is 1.43. The summed E-state index contributed by atoms with van der Waals surface area (Å²) in [5.41, 5.74) is 0. The summed E-state index contributed by atoms with van der Waals surface area (Å²) in [7, 11) is 1.61. The Labute approximate surface area is 83.8 Å². The number of hydrogen-bond donors (Lipinski definition) is 0. The van der Waals surface area contributed by atoms with E-state index in [1.54, 1.807) is 7.11 Å². The first-order valence-corrected chi connectivity index (χ1v) is 4.78. The zero-order valence-electron chi connectivity index (χ0n) is 8.94. The van der Waals surface area contributed by atoms with E-state index < -0.39 is 5.79 Å². The molecule has 2 rings (SSSR count). The smallest absolute Gasteiger partial charge is 0.228 e. The van der Waals surface area contributed by atoms with Crippen LogP contribution in [0.4, 0.5) is 0 Å². The van der Waals surface area contributed by atoms with E-state index in [1.807, 2.05) is 26.8 Å². The van der Waals surface area contributed by atoms with Gasteiger partial charge in [0.25, 0.3) is 0 Å². The van der Waals surface area contributed by atoms with Crippen molar-refractivity contribution in [2.45, 2.75) is 45.1 Å². The van der Waals surface area contributed by atoms with Crippen molar-refractivity contribution in [3.05, 3.63) is 11.8 Å². The number of methoxy groups -OCH3 is 1. The fraction of sp³-hybridized carbons (Fsp3) is 0.800. The molecular formula is C10H16O4. The molecule has 0 aliphatic carbocycles. The first-order valence-electron chi connectivity index (χ1n) is 4.78. The van der Waals surface area contributed by atoms with Gasteiger partial charge in [0.2, 0.25) is 6.29 Å². The second kappa shape index (κ2) is 3.22. The summed E-state index contributed by atoms with van der Waals surface area (Å²) >= 11 is 0. The number of rotatable bonds is 1. The van der Waals surface area contributed by atoms with Crippen LogP contribution in [0.3, 0.4) is 0 Å². The van der Waals surface area contributed by atoms with Gasteiger partial charge in [0.05, 0.1) is 0 Å². The highest BCUT2D eigenvalue weighted by Crippen LogP contribution is 2.40. The SMILES string of the molecule is C/C=C1/OC(OC)[C@H]2OC(C)(C)O[C@@H]12. The monoisotopic (exact) mass is 200 g/mol. The van der Waals surface area contributed by atoms with E-state index in [0.717, 1.165) is 5.76 Å². The van der Waals surface area contributed by atoms with Crippen molar-refractivity contribution in [3.8, 4) is 0 Å². The van der Waals surface area contributed by atoms with Crippen LogP contribution in [-0.4, -0.2) is 31.4 Å². The van der Waals surface area contributed by atoms with Crippen molar-refractivity contribution < 1.29 is 18.9 Å². The van der Waals surface area contributed by atoms with Gasteiger partial charge in [-0.25, -0.2) is 0 Å². The zero-order chi connectivity index (χ0) is 10.3. The van der Waals surface area contributed by atoms with Gasteiger partial charge in [-0.3, -0.25) is 0 Å². The normalized spacial score (nSPS) is 42.6. The van der Waals surface area contributed by atoms with Crippen LogP contribution in [0.5, 0.6) is 0 Å². The highest BCUT2D eigenvalue weighted by Gasteiger charge is 2.53. The molecule has 14 heavy (non-hydrogen) atoms. The maximum atomic E-state index is 5.71. The van der Waals surface area contributed by atoms with E-state index in [0.29, 0.717) is 0 Å². The van der Waals surface area contributed by atoms with Crippen molar-refractivity contribution in [1.82, 2.24) is 0 Å². The average Bonchev–Trinajstić information content (AvgIpc) is 2.57. The molecule has 0 aromatic heterocycles. The topological polar surface area (TPSA) is 36.9 Å². The van der Waals surface area contributed by atoms with Crippen LogP contribution in [0.15, 0.2) is 11.8 Å². The molecule has 0 aromatic carbocycles. The lowest BCUT2D eigenvalue weighted by molar-refractivity contribution is -0.201. The Hall–Kier alpha value is -0.580. The number of allylic oxidation sites excluding steroid dienone is 1. The average molecular weight is 200 g/mol. The molecule has 4 nitrogen and oxygen atoms in total. The Balaban J connectivity index is 2.21. The molecule has 2 saturated heterocycles. The molecule has 2 aliphatic heterocycles. The second-order valence-corrected chi connectivity index (χ2v) is 3.93. The van der Waals surface area contributed by atoms with Crippen LogP contribution in [0.1, 0.15) is 20.8 Å². The molecule has 80 valence electrons. The lowest BCUT2D eigenvalue weighted by Gasteiger charge is -2.21. The lowest BCUT2D eigenvalue weighted by atomic mass is 10.2. The molecule has 0 saturated carbocycles. The van der Waals surface area contributed by atoms with Crippen LogP contribution in [-0.2, 0) is 18.9 Å². The van der Waals surface area contributed by atoms with Gasteiger partial charge in [-0.15, -0.1) is 0 Å². The predicted octanol–water partition coefficient (Wildman–Crippen LogP) is 1.41. The Morgan fingerprint density at radius 3 is 2.64 bits per heavy atom. The summed E-state index contributed by atoms with van der Waals surface area (Å²) in [6.45, 7) is 5.70. The van der Waals surface area contributed by atoms with Crippen molar-refractivity contribution in [2.24, 2.45) is 0 Å². The van der Waals surface area contributed by atoms with Gasteiger partial charge >= 0.3 is 0 Å². The van der Waals surface area contributed by atoms with Gasteiger partial charge in [0.1, 0.15) is 5.76 Å². The van der Waals surface area contributed by atoms with E-state index in [4.69, 9.17) is 18.9 Å². The molecule has 4 heteroatoms. The van der Waals surface area contributed by atoms with Crippen molar-refractivity contribution in [2.75, 3.05) is 7.11 Å². The number of hydrogen-bond acceptors (Lipinski definition) is 4. The van der Waals surface area contributed by atoms with Crippen LogP contribution in [0.2, 0.25) is 0 Å². The van der Waals surface area contributed by atoms with Crippen molar-refractivity contribution in [3.63, 3.8) is 0 Å². The van der Waals surface area contributed by atoms with E-state index >= 15 is 0 Å². The predicted molar refractivity (Wildman–Crippen MR) is 49.5 cm³/mol. The van der Waals surface area contributed by atoms with Crippen LogP contribution in [0, 0.1) is 0 Å². The maximum absolute atomic E-state index is 5.71. The molecule has 1 unspecified atom stereocenters. The van der Waals surface area contributed by atoms with E-state index in [9.17, 15) is 0 Å². The Morgan fingerprint density at radius 2 is 2.07 bits per heavy atom. The van der Waals surface area contributed by atoms with Crippen molar-refractivity contribution >= 4 is 0 Å². The summed E-state index contributed by atoms with van der Waals surface area (Å²) in [6, 6.07) is 0. The first-order chi connectivity index (χ1) is 6.57. The third-order valence-electron chi connectivity index (χ3n) is 2.45. The minimum atomic E-state index is -0.551. The third-order valence-corrected chi connectivity index (χ3v) is 2.45. The number of ether oxygens (including phenoxy) is 4. The quantitative estimate of drug-likeness (QED) is 0.641. The molecular weight excluding hydrogens is 184 g/mol. The fourth-order valence-corrected chi connectivity index (χ4v) is 1.89. The zero-order valence-corrected chi connectivity index (χ0v) is 8.94. The summed E-state index contributed by atoms with van der Waals surface area (Å²) in [6.07, 6.45) is 1.26. The summed E-state index contributed by atoms with van der Waals surface area (Å²) in [5.74, 6) is 0.247.